The summed E-state index contributed by atoms with van der Waals surface area (Å²) in [7, 11) is 0. The van der Waals surface area contributed by atoms with Crippen molar-refractivity contribution < 1.29 is 9.18 Å². The van der Waals surface area contributed by atoms with Crippen molar-refractivity contribution >= 4 is 22.6 Å². The van der Waals surface area contributed by atoms with Crippen LogP contribution < -0.4 is 16.6 Å². The third-order valence-corrected chi connectivity index (χ3v) is 4.67. The van der Waals surface area contributed by atoms with Gasteiger partial charge in [-0.15, -0.1) is 0 Å². The van der Waals surface area contributed by atoms with Crippen molar-refractivity contribution in [2.45, 2.75) is 13.5 Å². The van der Waals surface area contributed by atoms with Crippen LogP contribution in [0, 0.1) is 12.7 Å². The first-order chi connectivity index (χ1) is 14.5. The van der Waals surface area contributed by atoms with Crippen molar-refractivity contribution in [1.82, 2.24) is 14.1 Å². The molecule has 1 amide bonds. The first-order valence-electron chi connectivity index (χ1n) is 9.18. The Hall–Kier alpha value is -4.07. The topological polar surface area (TPSA) is 86.0 Å². The molecule has 8 heteroatoms. The van der Waals surface area contributed by atoms with E-state index in [-0.39, 0.29) is 16.7 Å². The molecule has 0 atom stereocenters. The number of anilines is 1. The van der Waals surface area contributed by atoms with Crippen molar-refractivity contribution in [2.75, 3.05) is 5.32 Å². The Bertz CT molecular complexity index is 1380. The Labute approximate surface area is 170 Å². The number of hydrogen-bond donors (Lipinski definition) is 1. The van der Waals surface area contributed by atoms with Crippen LogP contribution in [0.5, 0.6) is 0 Å². The molecule has 0 saturated heterocycles. The van der Waals surface area contributed by atoms with Crippen LogP contribution in [0.25, 0.3) is 16.7 Å². The van der Waals surface area contributed by atoms with Gasteiger partial charge in [-0.25, -0.2) is 23.3 Å². The number of aromatic nitrogens is 3. The summed E-state index contributed by atoms with van der Waals surface area (Å²) in [5.41, 5.74) is 0.0825. The molecule has 0 aliphatic heterocycles. The van der Waals surface area contributed by atoms with Gasteiger partial charge >= 0.3 is 5.69 Å². The molecule has 0 radical (unpaired) electrons. The highest BCUT2D eigenvalue weighted by Crippen LogP contribution is 2.14. The second-order valence-corrected chi connectivity index (χ2v) is 6.73. The van der Waals surface area contributed by atoms with Gasteiger partial charge in [0.25, 0.3) is 5.56 Å². The molecule has 0 aliphatic carbocycles. The number of carbonyl (C=O) groups excluding carboxylic acids is 1. The molecule has 150 valence electrons. The number of halogens is 1. The Morgan fingerprint density at radius 3 is 2.57 bits per heavy atom. The van der Waals surface area contributed by atoms with Gasteiger partial charge in [-0.2, -0.15) is 0 Å². The van der Waals surface area contributed by atoms with E-state index >= 15 is 0 Å². The van der Waals surface area contributed by atoms with Crippen LogP contribution in [0.1, 0.15) is 5.56 Å². The van der Waals surface area contributed by atoms with Gasteiger partial charge in [0.05, 0.1) is 11.1 Å². The van der Waals surface area contributed by atoms with E-state index in [1.807, 2.05) is 0 Å². The van der Waals surface area contributed by atoms with Gasteiger partial charge in [0.1, 0.15) is 12.4 Å². The summed E-state index contributed by atoms with van der Waals surface area (Å²) in [5.74, 6) is -1.09. The number of pyridine rings is 1. The molecule has 0 bridgehead atoms. The van der Waals surface area contributed by atoms with Crippen LogP contribution in [-0.4, -0.2) is 20.0 Å². The smallest absolute Gasteiger partial charge is 0.324 e. The van der Waals surface area contributed by atoms with E-state index in [0.717, 1.165) is 4.57 Å². The summed E-state index contributed by atoms with van der Waals surface area (Å²) >= 11 is 0. The van der Waals surface area contributed by atoms with Crippen LogP contribution in [0.4, 0.5) is 10.1 Å². The van der Waals surface area contributed by atoms with Gasteiger partial charge in [0.2, 0.25) is 5.91 Å². The summed E-state index contributed by atoms with van der Waals surface area (Å²) in [6.45, 7) is 1.08. The van der Waals surface area contributed by atoms with E-state index in [9.17, 15) is 18.8 Å². The number of carbonyl (C=O) groups is 1. The van der Waals surface area contributed by atoms with E-state index < -0.39 is 29.5 Å². The van der Waals surface area contributed by atoms with Gasteiger partial charge in [-0.1, -0.05) is 24.3 Å². The van der Waals surface area contributed by atoms with Crippen molar-refractivity contribution in [1.29, 1.82) is 0 Å². The molecule has 2 aromatic carbocycles. The summed E-state index contributed by atoms with van der Waals surface area (Å²) < 4.78 is 15.9. The molecule has 0 fully saturated rings. The highest BCUT2D eigenvalue weighted by atomic mass is 19.1. The number of nitrogens with zero attached hydrogens (tertiary/aromatic N) is 3. The van der Waals surface area contributed by atoms with Crippen LogP contribution >= 0.6 is 0 Å². The highest BCUT2D eigenvalue weighted by Gasteiger charge is 2.17. The highest BCUT2D eigenvalue weighted by molar-refractivity contribution is 5.90. The molecule has 0 spiro atoms. The molecule has 30 heavy (non-hydrogen) atoms. The van der Waals surface area contributed by atoms with Gasteiger partial charge in [-0.3, -0.25) is 9.59 Å². The first kappa shape index (κ1) is 19.3. The maximum atomic E-state index is 13.7. The Morgan fingerprint density at radius 2 is 1.83 bits per heavy atom. The van der Waals surface area contributed by atoms with E-state index in [4.69, 9.17) is 0 Å². The lowest BCUT2D eigenvalue weighted by atomic mass is 10.2. The van der Waals surface area contributed by atoms with Gasteiger partial charge in [0, 0.05) is 11.9 Å². The van der Waals surface area contributed by atoms with Crippen molar-refractivity contribution in [3.8, 4) is 5.69 Å². The lowest BCUT2D eigenvalue weighted by Crippen LogP contribution is -2.42. The zero-order valence-corrected chi connectivity index (χ0v) is 16.0. The molecule has 1 N–H and O–H groups in total. The van der Waals surface area contributed by atoms with Crippen molar-refractivity contribution in [3.05, 3.63) is 99.1 Å². The number of fused-ring (bicyclic) bond motifs is 1. The van der Waals surface area contributed by atoms with Gasteiger partial charge in [-0.05, 0) is 48.9 Å². The largest absolute Gasteiger partial charge is 0.337 e. The van der Waals surface area contributed by atoms with E-state index in [1.165, 1.54) is 22.9 Å². The number of nitrogens with one attached hydrogen (secondary N) is 1. The summed E-state index contributed by atoms with van der Waals surface area (Å²) in [6, 6.07) is 16.1. The summed E-state index contributed by atoms with van der Waals surface area (Å²) in [5, 5.41) is 2.72. The fourth-order valence-corrected chi connectivity index (χ4v) is 3.15. The van der Waals surface area contributed by atoms with Crippen LogP contribution in [0.2, 0.25) is 0 Å². The Morgan fingerprint density at radius 1 is 1.07 bits per heavy atom. The Balaban J connectivity index is 1.79. The molecular weight excluding hydrogens is 387 g/mol. The molecular formula is C22H17FN4O3. The number of hydrogen-bond acceptors (Lipinski definition) is 4. The molecule has 4 aromatic rings. The van der Waals surface area contributed by atoms with Crippen molar-refractivity contribution in [3.63, 3.8) is 0 Å². The Kier molecular flexibility index (Phi) is 4.97. The first-order valence-corrected chi connectivity index (χ1v) is 9.18. The summed E-state index contributed by atoms with van der Waals surface area (Å²) in [6.07, 6.45) is 1.49. The number of benzene rings is 2. The fraction of sp³-hybridized carbons (Fsp3) is 0.0909. The number of rotatable bonds is 4. The second kappa shape index (κ2) is 7.75. The van der Waals surface area contributed by atoms with E-state index in [0.29, 0.717) is 11.3 Å². The predicted molar refractivity (Wildman–Crippen MR) is 111 cm³/mol. The molecule has 2 heterocycles. The van der Waals surface area contributed by atoms with Gasteiger partial charge < -0.3 is 5.32 Å². The molecule has 7 nitrogen and oxygen atoms in total. The quantitative estimate of drug-likeness (QED) is 0.567. The monoisotopic (exact) mass is 404 g/mol. The molecule has 2 aromatic heterocycles. The fourth-order valence-electron chi connectivity index (χ4n) is 3.15. The third-order valence-electron chi connectivity index (χ3n) is 4.67. The zero-order chi connectivity index (χ0) is 21.3. The maximum Gasteiger partial charge on any atom is 0.337 e. The minimum Gasteiger partial charge on any atom is -0.324 e. The lowest BCUT2D eigenvalue weighted by Gasteiger charge is -2.13. The standard InChI is InChI=1S/C22H17FN4O3/c1-14-9-10-15(12-18(14)23)25-19(28)13-26-21(29)17-8-5-11-24-20(17)27(22(26)30)16-6-3-2-4-7-16/h2-12H,13H2,1H3,(H,25,28). The van der Waals surface area contributed by atoms with Crippen LogP contribution in [-0.2, 0) is 11.3 Å². The second-order valence-electron chi connectivity index (χ2n) is 6.73. The summed E-state index contributed by atoms with van der Waals surface area (Å²) in [4.78, 5) is 42.7. The molecule has 0 unspecified atom stereocenters. The third kappa shape index (κ3) is 3.50. The van der Waals surface area contributed by atoms with Crippen LogP contribution in [0.3, 0.4) is 0 Å². The molecule has 4 rings (SSSR count). The SMILES string of the molecule is Cc1ccc(NC(=O)Cn2c(=O)c3cccnc3n(-c3ccccc3)c2=O)cc1F. The predicted octanol–water partition coefficient (Wildman–Crippen LogP) is 2.63. The average Bonchev–Trinajstić information content (AvgIpc) is 2.75. The minimum absolute atomic E-state index is 0.204. The van der Waals surface area contributed by atoms with Crippen LogP contribution in [0.15, 0.2) is 76.4 Å². The van der Waals surface area contributed by atoms with Crippen molar-refractivity contribution in [2.24, 2.45) is 0 Å². The van der Waals surface area contributed by atoms with E-state index in [2.05, 4.69) is 10.3 Å². The van der Waals surface area contributed by atoms with E-state index in [1.54, 1.807) is 55.5 Å². The molecule has 0 saturated carbocycles. The normalized spacial score (nSPS) is 10.9. The minimum atomic E-state index is -0.692. The number of aryl methyl sites for hydroxylation is 1. The average molecular weight is 404 g/mol. The molecule has 0 aliphatic rings. The number of para-hydroxylation sites is 1. The lowest BCUT2D eigenvalue weighted by molar-refractivity contribution is -0.116. The zero-order valence-electron chi connectivity index (χ0n) is 16.0. The maximum absolute atomic E-state index is 13.7. The number of amides is 1. The van der Waals surface area contributed by atoms with Gasteiger partial charge in [0.15, 0.2) is 5.65 Å².